The molecule has 5 aliphatic carbocycles. The van der Waals surface area contributed by atoms with Crippen LogP contribution in [0.5, 0.6) is 0 Å². The molecule has 1 amide bonds. The summed E-state index contributed by atoms with van der Waals surface area (Å²) >= 11 is 0. The van der Waals surface area contributed by atoms with E-state index in [1.807, 2.05) is 20.8 Å². The highest BCUT2D eigenvalue weighted by Gasteiger charge is 2.55. The maximum atomic E-state index is 12.5. The van der Waals surface area contributed by atoms with Crippen molar-refractivity contribution in [2.45, 2.75) is 89.8 Å². The third kappa shape index (κ3) is 5.68. The van der Waals surface area contributed by atoms with Gasteiger partial charge in [-0.25, -0.2) is 9.78 Å². The molecule has 206 valence electrons. The molecule has 2 aromatic rings. The first kappa shape index (κ1) is 25.9. The molecule has 39 heavy (non-hydrogen) atoms. The minimum atomic E-state index is -0.495. The van der Waals surface area contributed by atoms with Crippen molar-refractivity contribution < 1.29 is 9.53 Å². The Kier molecular flexibility index (Phi) is 6.65. The molecule has 0 saturated heterocycles. The molecule has 7 rings (SSSR count). The minimum absolute atomic E-state index is 0.164. The van der Waals surface area contributed by atoms with Crippen molar-refractivity contribution in [1.82, 2.24) is 15.3 Å². The van der Waals surface area contributed by atoms with Crippen LogP contribution in [0.15, 0.2) is 30.5 Å². The molecule has 1 heterocycles. The standard InChI is InChI=1S/C31H40N6O2/c1-30(2,3)39-29(38)36-26-22-10-19-11-23(26)14-31(12-19,13-22)18-35-27-24(15-32)17-34-28(37-27)33-16-21-6-4-5-7-25(21)20-8-9-20/h4-7,17,19-20,22-23,26H,8-14,16,18H2,1-3H3,(H,36,38)(H2,33,34,35,37)/t19?,22-,23+,26?,31?. The molecule has 0 radical (unpaired) electrons. The average Bonchev–Trinajstić information content (AvgIpc) is 3.73. The van der Waals surface area contributed by atoms with Gasteiger partial charge in [-0.2, -0.15) is 10.2 Å². The SMILES string of the molecule is CC(C)(C)OC(=O)NC1[C@@H]2CC3C[C@H]1CC(CNc1nc(NCc4ccccc4C4CC4)ncc1C#N)(C3)C2. The topological polar surface area (TPSA) is 112 Å². The van der Waals surface area contributed by atoms with Gasteiger partial charge in [0.25, 0.3) is 0 Å². The number of amides is 1. The van der Waals surface area contributed by atoms with Crippen LogP contribution in [0.2, 0.25) is 0 Å². The lowest BCUT2D eigenvalue weighted by Gasteiger charge is -2.60. The second-order valence-corrected chi connectivity index (χ2v) is 13.4. The van der Waals surface area contributed by atoms with E-state index in [1.54, 1.807) is 6.20 Å². The van der Waals surface area contributed by atoms with Gasteiger partial charge in [-0.05, 0) is 106 Å². The van der Waals surface area contributed by atoms with E-state index in [2.05, 4.69) is 51.3 Å². The van der Waals surface area contributed by atoms with E-state index in [1.165, 1.54) is 43.2 Å². The van der Waals surface area contributed by atoms with E-state index in [4.69, 9.17) is 9.72 Å². The highest BCUT2D eigenvalue weighted by atomic mass is 16.6. The summed E-state index contributed by atoms with van der Waals surface area (Å²) in [6.45, 7) is 7.16. The third-order valence-electron chi connectivity index (χ3n) is 9.13. The van der Waals surface area contributed by atoms with Crippen molar-refractivity contribution >= 4 is 17.9 Å². The Hall–Kier alpha value is -3.34. The molecule has 5 saturated carbocycles. The largest absolute Gasteiger partial charge is 0.444 e. The van der Waals surface area contributed by atoms with Crippen molar-refractivity contribution in [3.63, 3.8) is 0 Å². The summed E-state index contributed by atoms with van der Waals surface area (Å²) in [6, 6.07) is 11.0. The first-order chi connectivity index (χ1) is 18.7. The first-order valence-corrected chi connectivity index (χ1v) is 14.5. The van der Waals surface area contributed by atoms with Gasteiger partial charge < -0.3 is 20.7 Å². The molecular weight excluding hydrogens is 488 g/mol. The van der Waals surface area contributed by atoms with Crippen LogP contribution in [0.3, 0.4) is 0 Å². The van der Waals surface area contributed by atoms with Crippen molar-refractivity contribution in [3.8, 4) is 6.07 Å². The van der Waals surface area contributed by atoms with Gasteiger partial charge in [0.05, 0.1) is 6.20 Å². The number of nitriles is 1. The van der Waals surface area contributed by atoms with E-state index in [0.717, 1.165) is 19.4 Å². The second-order valence-electron chi connectivity index (χ2n) is 13.4. The summed E-state index contributed by atoms with van der Waals surface area (Å²) in [6.07, 6.45) is 9.53. The van der Waals surface area contributed by atoms with Crippen LogP contribution in [0.4, 0.5) is 16.6 Å². The van der Waals surface area contributed by atoms with Crippen LogP contribution in [0.1, 0.15) is 88.3 Å². The molecule has 8 heteroatoms. The zero-order valence-corrected chi connectivity index (χ0v) is 23.3. The molecule has 0 spiro atoms. The molecule has 5 fully saturated rings. The molecular formula is C31H40N6O2. The number of ether oxygens (including phenoxy) is 1. The molecule has 1 aromatic heterocycles. The lowest BCUT2D eigenvalue weighted by Crippen LogP contribution is -2.60. The van der Waals surface area contributed by atoms with Crippen LogP contribution >= 0.6 is 0 Å². The number of hydrogen-bond donors (Lipinski definition) is 3. The van der Waals surface area contributed by atoms with Crippen LogP contribution in [0.25, 0.3) is 0 Å². The van der Waals surface area contributed by atoms with E-state index in [-0.39, 0.29) is 17.6 Å². The molecule has 1 aromatic carbocycles. The van der Waals surface area contributed by atoms with Gasteiger partial charge in [-0.15, -0.1) is 0 Å². The molecule has 0 aliphatic heterocycles. The van der Waals surface area contributed by atoms with Crippen molar-refractivity contribution in [1.29, 1.82) is 5.26 Å². The van der Waals surface area contributed by atoms with Crippen LogP contribution in [0, 0.1) is 34.5 Å². The Morgan fingerprint density at radius 1 is 1.13 bits per heavy atom. The number of aromatic nitrogens is 2. The maximum Gasteiger partial charge on any atom is 0.407 e. The van der Waals surface area contributed by atoms with Gasteiger partial charge in [0.1, 0.15) is 23.1 Å². The summed E-state index contributed by atoms with van der Waals surface area (Å²) in [4.78, 5) is 21.7. The Labute approximate surface area is 231 Å². The molecule has 5 atom stereocenters. The van der Waals surface area contributed by atoms with E-state index >= 15 is 0 Å². The summed E-state index contributed by atoms with van der Waals surface area (Å²) in [7, 11) is 0. The fourth-order valence-corrected chi connectivity index (χ4v) is 7.71. The molecule has 4 bridgehead atoms. The highest BCUT2D eigenvalue weighted by Crippen LogP contribution is 2.60. The van der Waals surface area contributed by atoms with E-state index in [0.29, 0.717) is 47.5 Å². The minimum Gasteiger partial charge on any atom is -0.444 e. The number of carbonyl (C=O) groups is 1. The molecule has 5 aliphatic rings. The second kappa shape index (κ2) is 10.0. The van der Waals surface area contributed by atoms with Gasteiger partial charge in [0.15, 0.2) is 0 Å². The third-order valence-corrected chi connectivity index (χ3v) is 9.13. The predicted octanol–water partition coefficient (Wildman–Crippen LogP) is 5.97. The van der Waals surface area contributed by atoms with Gasteiger partial charge in [0.2, 0.25) is 5.95 Å². The zero-order chi connectivity index (χ0) is 27.2. The Balaban J connectivity index is 1.11. The quantitative estimate of drug-likeness (QED) is 0.387. The first-order valence-electron chi connectivity index (χ1n) is 14.5. The monoisotopic (exact) mass is 528 g/mol. The van der Waals surface area contributed by atoms with Crippen molar-refractivity contribution in [2.24, 2.45) is 23.2 Å². The van der Waals surface area contributed by atoms with Crippen molar-refractivity contribution in [2.75, 3.05) is 17.2 Å². The zero-order valence-electron chi connectivity index (χ0n) is 23.3. The number of alkyl carbamates (subject to hydrolysis) is 1. The number of carbonyl (C=O) groups excluding carboxylic acids is 1. The Bertz CT molecular complexity index is 1260. The van der Waals surface area contributed by atoms with E-state index < -0.39 is 5.60 Å². The molecule has 8 nitrogen and oxygen atoms in total. The lowest BCUT2D eigenvalue weighted by atomic mass is 9.48. The van der Waals surface area contributed by atoms with Gasteiger partial charge in [-0.1, -0.05) is 24.3 Å². The number of hydrogen-bond acceptors (Lipinski definition) is 7. The number of rotatable bonds is 8. The number of benzene rings is 1. The number of nitrogens with zero attached hydrogens (tertiary/aromatic N) is 3. The van der Waals surface area contributed by atoms with Crippen LogP contribution in [-0.4, -0.2) is 34.2 Å². The maximum absolute atomic E-state index is 12.5. The highest BCUT2D eigenvalue weighted by molar-refractivity contribution is 5.68. The van der Waals surface area contributed by atoms with Crippen molar-refractivity contribution in [3.05, 3.63) is 47.2 Å². The summed E-state index contributed by atoms with van der Waals surface area (Å²) in [5.74, 6) is 3.45. The Morgan fingerprint density at radius 3 is 2.56 bits per heavy atom. The van der Waals surface area contributed by atoms with Gasteiger partial charge >= 0.3 is 6.09 Å². The van der Waals surface area contributed by atoms with Gasteiger partial charge in [0, 0.05) is 19.1 Å². The molecule has 3 N–H and O–H groups in total. The number of anilines is 2. The number of nitrogens with one attached hydrogen (secondary N) is 3. The summed E-state index contributed by atoms with van der Waals surface area (Å²) < 4.78 is 5.57. The summed E-state index contributed by atoms with van der Waals surface area (Å²) in [5.41, 5.74) is 2.83. The smallest absolute Gasteiger partial charge is 0.407 e. The normalized spacial score (nSPS) is 29.0. The predicted molar refractivity (Wildman–Crippen MR) is 150 cm³/mol. The Morgan fingerprint density at radius 2 is 1.87 bits per heavy atom. The van der Waals surface area contributed by atoms with Crippen LogP contribution in [-0.2, 0) is 11.3 Å². The van der Waals surface area contributed by atoms with E-state index in [9.17, 15) is 10.1 Å². The lowest BCUT2D eigenvalue weighted by molar-refractivity contribution is -0.0703. The van der Waals surface area contributed by atoms with Crippen LogP contribution < -0.4 is 16.0 Å². The van der Waals surface area contributed by atoms with Gasteiger partial charge in [-0.3, -0.25) is 0 Å². The fourth-order valence-electron chi connectivity index (χ4n) is 7.71. The summed E-state index contributed by atoms with van der Waals surface area (Å²) in [5, 5.41) is 19.9. The molecule has 3 unspecified atom stereocenters. The average molecular weight is 529 g/mol. The fraction of sp³-hybridized carbons (Fsp3) is 0.613.